The van der Waals surface area contributed by atoms with Crippen molar-refractivity contribution in [2.24, 2.45) is 0 Å². The Labute approximate surface area is 208 Å². The Bertz CT molecular complexity index is 1300. The second kappa shape index (κ2) is 9.87. The Balaban J connectivity index is 1.52. The summed E-state index contributed by atoms with van der Waals surface area (Å²) in [6.07, 6.45) is 4.36. The number of pyridine rings is 1. The Morgan fingerprint density at radius 1 is 0.912 bits per heavy atom. The average Bonchev–Trinajstić information content (AvgIpc) is 3.21. The third-order valence-electron chi connectivity index (χ3n) is 5.23. The Morgan fingerprint density at radius 2 is 1.59 bits per heavy atom. The van der Waals surface area contributed by atoms with Gasteiger partial charge < -0.3 is 5.32 Å². The van der Waals surface area contributed by atoms with Crippen molar-refractivity contribution in [3.63, 3.8) is 0 Å². The Morgan fingerprint density at radius 3 is 2.26 bits per heavy atom. The molecule has 4 rings (SSSR count). The normalized spacial score (nSPS) is 11.3. The van der Waals surface area contributed by atoms with Gasteiger partial charge >= 0.3 is 6.03 Å². The first-order chi connectivity index (χ1) is 16.2. The highest BCUT2D eigenvalue weighted by atomic mass is 35.5. The van der Waals surface area contributed by atoms with E-state index in [1.807, 2.05) is 42.5 Å². The van der Waals surface area contributed by atoms with Crippen LogP contribution in [0, 0.1) is 0 Å². The van der Waals surface area contributed by atoms with Crippen LogP contribution in [-0.4, -0.2) is 20.8 Å². The first-order valence-corrected chi connectivity index (χ1v) is 11.6. The zero-order valence-corrected chi connectivity index (χ0v) is 20.7. The first-order valence-electron chi connectivity index (χ1n) is 10.8. The number of hydrogen-bond donors (Lipinski definition) is 2. The van der Waals surface area contributed by atoms with Gasteiger partial charge in [-0.25, -0.2) is 9.48 Å². The van der Waals surface area contributed by atoms with Gasteiger partial charge in [0.05, 0.1) is 16.4 Å². The molecule has 34 heavy (non-hydrogen) atoms. The number of urea groups is 1. The fourth-order valence-corrected chi connectivity index (χ4v) is 3.75. The number of rotatable bonds is 5. The summed E-state index contributed by atoms with van der Waals surface area (Å²) in [6, 6.07) is 18.3. The molecule has 4 aromatic rings. The maximum absolute atomic E-state index is 12.8. The van der Waals surface area contributed by atoms with Crippen molar-refractivity contribution in [3.8, 4) is 5.69 Å². The first kappa shape index (κ1) is 23.8. The van der Waals surface area contributed by atoms with Crippen molar-refractivity contribution in [2.45, 2.75) is 32.6 Å². The summed E-state index contributed by atoms with van der Waals surface area (Å²) in [6.45, 7) is 6.16. The van der Waals surface area contributed by atoms with Crippen LogP contribution in [0.2, 0.25) is 10.0 Å². The van der Waals surface area contributed by atoms with E-state index in [2.05, 4.69) is 36.4 Å². The van der Waals surface area contributed by atoms with Gasteiger partial charge in [-0.1, -0.05) is 56.1 Å². The van der Waals surface area contributed by atoms with E-state index in [1.54, 1.807) is 35.3 Å². The number of anilines is 2. The summed E-state index contributed by atoms with van der Waals surface area (Å²) in [5, 5.41) is 11.5. The molecule has 0 aliphatic heterocycles. The Hall–Kier alpha value is -3.35. The topological polar surface area (TPSA) is 71.8 Å². The van der Waals surface area contributed by atoms with Gasteiger partial charge in [0.1, 0.15) is 5.82 Å². The molecule has 0 atom stereocenters. The fourth-order valence-electron chi connectivity index (χ4n) is 3.39. The summed E-state index contributed by atoms with van der Waals surface area (Å²) in [5.41, 5.74) is 4.16. The van der Waals surface area contributed by atoms with Crippen LogP contribution in [-0.2, 0) is 11.8 Å². The van der Waals surface area contributed by atoms with Crippen molar-refractivity contribution in [3.05, 3.63) is 99.9 Å². The molecule has 0 fully saturated rings. The van der Waals surface area contributed by atoms with E-state index >= 15 is 0 Å². The smallest absolute Gasteiger partial charge is 0.308 e. The summed E-state index contributed by atoms with van der Waals surface area (Å²) < 4.78 is 1.60. The molecule has 2 N–H and O–H groups in total. The summed E-state index contributed by atoms with van der Waals surface area (Å²) >= 11 is 12.6. The highest BCUT2D eigenvalue weighted by Gasteiger charge is 2.22. The van der Waals surface area contributed by atoms with Gasteiger partial charge in [-0.15, -0.1) is 0 Å². The molecule has 8 heteroatoms. The van der Waals surface area contributed by atoms with E-state index in [1.165, 1.54) is 5.56 Å². The van der Waals surface area contributed by atoms with Gasteiger partial charge in [-0.2, -0.15) is 5.10 Å². The zero-order valence-electron chi connectivity index (χ0n) is 19.1. The van der Waals surface area contributed by atoms with Gasteiger partial charge in [0.2, 0.25) is 0 Å². The predicted octanol–water partition coefficient (Wildman–Crippen LogP) is 7.11. The molecule has 2 aromatic carbocycles. The van der Waals surface area contributed by atoms with E-state index in [0.717, 1.165) is 17.7 Å². The Kier molecular flexibility index (Phi) is 6.91. The molecule has 6 nitrogen and oxygen atoms in total. The summed E-state index contributed by atoms with van der Waals surface area (Å²) in [4.78, 5) is 16.9. The highest BCUT2D eigenvalue weighted by molar-refractivity contribution is 6.34. The number of carbonyl (C=O) groups excluding carboxylic acids is 1. The molecule has 0 saturated heterocycles. The number of carbonyl (C=O) groups is 1. The number of nitrogens with zero attached hydrogens (tertiary/aromatic N) is 3. The van der Waals surface area contributed by atoms with Gasteiger partial charge in [0, 0.05) is 34.6 Å². The lowest BCUT2D eigenvalue weighted by atomic mass is 9.92. The molecule has 2 heterocycles. The number of aromatic nitrogens is 3. The van der Waals surface area contributed by atoms with Crippen molar-refractivity contribution < 1.29 is 4.79 Å². The molecule has 0 bridgehead atoms. The number of halogens is 2. The highest BCUT2D eigenvalue weighted by Crippen LogP contribution is 2.30. The third-order valence-corrected chi connectivity index (χ3v) is 5.78. The molecule has 174 valence electrons. The van der Waals surface area contributed by atoms with E-state index in [0.29, 0.717) is 27.2 Å². The standard InChI is InChI=1S/C26H25Cl2N5O/c1-26(2,3)23-16-24(33(32-23)22-15-19(27)6-9-21(22)28)31-25(34)30-20-7-4-17(5-8-20)14-18-10-12-29-13-11-18/h4-13,15-16H,14H2,1-3H3,(H2,30,31,34). The van der Waals surface area contributed by atoms with Crippen LogP contribution >= 0.6 is 23.2 Å². The summed E-state index contributed by atoms with van der Waals surface area (Å²) in [7, 11) is 0. The lowest BCUT2D eigenvalue weighted by molar-refractivity contribution is 0.262. The molecule has 0 unspecified atom stereocenters. The second-order valence-corrected chi connectivity index (χ2v) is 9.82. The van der Waals surface area contributed by atoms with Crippen molar-refractivity contribution >= 4 is 40.7 Å². The van der Waals surface area contributed by atoms with E-state index < -0.39 is 0 Å². The monoisotopic (exact) mass is 493 g/mol. The molecule has 0 aliphatic carbocycles. The molecule has 2 amide bonds. The van der Waals surface area contributed by atoms with E-state index in [9.17, 15) is 4.79 Å². The van der Waals surface area contributed by atoms with Crippen LogP contribution in [0.3, 0.4) is 0 Å². The SMILES string of the molecule is CC(C)(C)c1cc(NC(=O)Nc2ccc(Cc3ccncc3)cc2)n(-c2cc(Cl)ccc2Cl)n1. The van der Waals surface area contributed by atoms with Crippen molar-refractivity contribution in [2.75, 3.05) is 10.6 Å². The van der Waals surface area contributed by atoms with E-state index in [-0.39, 0.29) is 11.4 Å². The van der Waals surface area contributed by atoms with Crippen molar-refractivity contribution in [1.29, 1.82) is 0 Å². The maximum atomic E-state index is 12.8. The van der Waals surface area contributed by atoms with E-state index in [4.69, 9.17) is 28.3 Å². The minimum Gasteiger partial charge on any atom is -0.308 e. The number of nitrogens with one attached hydrogen (secondary N) is 2. The number of hydrogen-bond acceptors (Lipinski definition) is 3. The van der Waals surface area contributed by atoms with Crippen molar-refractivity contribution in [1.82, 2.24) is 14.8 Å². The number of amides is 2. The van der Waals surface area contributed by atoms with Gasteiger partial charge in [0.25, 0.3) is 0 Å². The van der Waals surface area contributed by atoms with Gasteiger partial charge in [0.15, 0.2) is 0 Å². The number of benzene rings is 2. The third kappa shape index (κ3) is 5.76. The molecule has 0 saturated carbocycles. The predicted molar refractivity (Wildman–Crippen MR) is 138 cm³/mol. The maximum Gasteiger partial charge on any atom is 0.324 e. The van der Waals surface area contributed by atoms with Crippen LogP contribution in [0.4, 0.5) is 16.3 Å². The van der Waals surface area contributed by atoms with Crippen LogP contribution in [0.1, 0.15) is 37.6 Å². The van der Waals surface area contributed by atoms with Crippen LogP contribution in [0.15, 0.2) is 73.1 Å². The largest absolute Gasteiger partial charge is 0.324 e. The lowest BCUT2D eigenvalue weighted by Gasteiger charge is -2.14. The molecule has 2 aromatic heterocycles. The molecular formula is C26H25Cl2N5O. The molecular weight excluding hydrogens is 469 g/mol. The van der Waals surface area contributed by atoms with Gasteiger partial charge in [-0.05, 0) is 60.0 Å². The minimum atomic E-state index is -0.387. The van der Waals surface area contributed by atoms with Crippen LogP contribution in [0.25, 0.3) is 5.69 Å². The van der Waals surface area contributed by atoms with Gasteiger partial charge in [-0.3, -0.25) is 10.3 Å². The molecule has 0 spiro atoms. The molecule has 0 aliphatic rings. The van der Waals surface area contributed by atoms with Crippen LogP contribution in [0.5, 0.6) is 0 Å². The lowest BCUT2D eigenvalue weighted by Crippen LogP contribution is -2.21. The second-order valence-electron chi connectivity index (χ2n) is 8.98. The van der Waals surface area contributed by atoms with Crippen LogP contribution < -0.4 is 10.6 Å². The quantitative estimate of drug-likeness (QED) is 0.311. The zero-order chi connectivity index (χ0) is 24.3. The average molecular weight is 494 g/mol. The minimum absolute atomic E-state index is 0.228. The molecule has 0 radical (unpaired) electrons. The fraction of sp³-hybridized carbons (Fsp3) is 0.192. The summed E-state index contributed by atoms with van der Waals surface area (Å²) in [5.74, 6) is 0.487.